The normalized spacial score (nSPS) is 10.9. The summed E-state index contributed by atoms with van der Waals surface area (Å²) in [7, 11) is 1.12. The maximum absolute atomic E-state index is 12.1. The van der Waals surface area contributed by atoms with Gasteiger partial charge in [0.2, 0.25) is 0 Å². The van der Waals surface area contributed by atoms with Crippen molar-refractivity contribution in [3.05, 3.63) is 23.5 Å². The third-order valence-corrected chi connectivity index (χ3v) is 1.53. The van der Waals surface area contributed by atoms with E-state index in [4.69, 9.17) is 0 Å². The van der Waals surface area contributed by atoms with Crippen LogP contribution in [0.2, 0.25) is 0 Å². The van der Waals surface area contributed by atoms with Crippen molar-refractivity contribution in [1.82, 2.24) is 4.57 Å². The van der Waals surface area contributed by atoms with Crippen molar-refractivity contribution < 1.29 is 41.9 Å². The van der Waals surface area contributed by atoms with Gasteiger partial charge in [0.1, 0.15) is 5.69 Å². The van der Waals surface area contributed by atoms with Crippen LogP contribution in [0.25, 0.3) is 0 Å². The smallest absolute Gasteiger partial charge is 0.545 e. The predicted octanol–water partition coefficient (Wildman–Crippen LogP) is -2.59. The third kappa shape index (κ3) is 2.56. The Morgan fingerprint density at radius 3 is 2.21 bits per heavy atom. The van der Waals surface area contributed by atoms with Gasteiger partial charge in [0, 0.05) is 18.8 Å². The number of alkyl halides is 3. The standard InChI is InChI=1S/C7H6F3NO2.Li/c1-11-3-4(6(12)13)2-5(11)7(8,9)10;/h2-3H,1H3,(H,12,13);/q;+1/p-1. The topological polar surface area (TPSA) is 45.1 Å². The van der Waals surface area contributed by atoms with Crippen molar-refractivity contribution >= 4 is 5.97 Å². The fourth-order valence-corrected chi connectivity index (χ4v) is 0.958. The summed E-state index contributed by atoms with van der Waals surface area (Å²) in [6.07, 6.45) is -3.68. The number of halogens is 3. The Morgan fingerprint density at radius 1 is 1.50 bits per heavy atom. The Bertz CT molecular complexity index is 345. The number of carbonyl (C=O) groups excluding carboxylic acids is 1. The number of hydrogen-bond donors (Lipinski definition) is 0. The Labute approximate surface area is 89.7 Å². The molecule has 1 aromatic rings. The first-order valence-corrected chi connectivity index (χ1v) is 3.27. The van der Waals surface area contributed by atoms with E-state index in [1.165, 1.54) is 0 Å². The first-order chi connectivity index (χ1) is 5.82. The Hall–Kier alpha value is -0.863. The van der Waals surface area contributed by atoms with Gasteiger partial charge in [0.25, 0.3) is 0 Å². The molecule has 0 saturated heterocycles. The second-order valence-electron chi connectivity index (χ2n) is 2.51. The van der Waals surface area contributed by atoms with E-state index in [1.54, 1.807) is 0 Å². The molecular formula is C7H5F3LiNO2. The predicted molar refractivity (Wildman–Crippen MR) is 34.7 cm³/mol. The number of aromatic nitrogens is 1. The summed E-state index contributed by atoms with van der Waals surface area (Å²) in [6, 6.07) is 0.537. The molecule has 0 bridgehead atoms. The average Bonchev–Trinajstić information content (AvgIpc) is 2.29. The van der Waals surface area contributed by atoms with Gasteiger partial charge in [0.05, 0.1) is 5.97 Å². The molecular weight excluding hydrogens is 194 g/mol. The monoisotopic (exact) mass is 199 g/mol. The van der Waals surface area contributed by atoms with Crippen LogP contribution in [-0.4, -0.2) is 10.5 Å². The van der Waals surface area contributed by atoms with E-state index in [2.05, 4.69) is 0 Å². The number of carbonyl (C=O) groups is 1. The van der Waals surface area contributed by atoms with Gasteiger partial charge < -0.3 is 14.5 Å². The van der Waals surface area contributed by atoms with E-state index in [-0.39, 0.29) is 18.9 Å². The van der Waals surface area contributed by atoms with Crippen molar-refractivity contribution in [2.24, 2.45) is 7.05 Å². The number of aryl methyl sites for hydroxylation is 1. The molecule has 3 nitrogen and oxygen atoms in total. The summed E-state index contributed by atoms with van der Waals surface area (Å²) in [5.74, 6) is -1.62. The number of hydrogen-bond acceptors (Lipinski definition) is 2. The van der Waals surface area contributed by atoms with Gasteiger partial charge in [-0.25, -0.2) is 0 Å². The van der Waals surface area contributed by atoms with Crippen molar-refractivity contribution in [3.8, 4) is 0 Å². The zero-order valence-electron chi connectivity index (χ0n) is 7.55. The zero-order chi connectivity index (χ0) is 10.2. The van der Waals surface area contributed by atoms with Crippen LogP contribution in [0.3, 0.4) is 0 Å². The van der Waals surface area contributed by atoms with Crippen LogP contribution in [0.1, 0.15) is 16.1 Å². The van der Waals surface area contributed by atoms with Crippen molar-refractivity contribution in [2.75, 3.05) is 0 Å². The van der Waals surface area contributed by atoms with Gasteiger partial charge in [-0.05, 0) is 6.07 Å². The molecule has 1 rings (SSSR count). The molecule has 0 atom stereocenters. The quantitative estimate of drug-likeness (QED) is 0.466. The Balaban J connectivity index is 0.00000169. The van der Waals surface area contributed by atoms with Gasteiger partial charge in [0.15, 0.2) is 0 Å². The summed E-state index contributed by atoms with van der Waals surface area (Å²) in [4.78, 5) is 10.2. The van der Waals surface area contributed by atoms with Crippen molar-refractivity contribution in [2.45, 2.75) is 6.18 Å². The van der Waals surface area contributed by atoms with Crippen LogP contribution in [0.15, 0.2) is 12.3 Å². The summed E-state index contributed by atoms with van der Waals surface area (Å²) >= 11 is 0. The van der Waals surface area contributed by atoms with Gasteiger partial charge in [-0.1, -0.05) is 0 Å². The first-order valence-electron chi connectivity index (χ1n) is 3.27. The Morgan fingerprint density at radius 2 is 2.00 bits per heavy atom. The number of carboxylic acids is 1. The maximum atomic E-state index is 12.1. The fraction of sp³-hybridized carbons (Fsp3) is 0.286. The van der Waals surface area contributed by atoms with Gasteiger partial charge in [-0.15, -0.1) is 0 Å². The fourth-order valence-electron chi connectivity index (χ4n) is 0.958. The van der Waals surface area contributed by atoms with E-state index < -0.39 is 23.4 Å². The van der Waals surface area contributed by atoms with E-state index in [0.29, 0.717) is 10.6 Å². The van der Waals surface area contributed by atoms with Gasteiger partial charge >= 0.3 is 25.0 Å². The first kappa shape index (κ1) is 13.1. The molecule has 72 valence electrons. The van der Waals surface area contributed by atoms with Crippen LogP contribution in [-0.2, 0) is 13.2 Å². The molecule has 0 aromatic carbocycles. The molecule has 0 N–H and O–H groups in total. The summed E-state index contributed by atoms with van der Waals surface area (Å²) in [5.41, 5.74) is -1.48. The van der Waals surface area contributed by atoms with Crippen LogP contribution in [0, 0.1) is 0 Å². The zero-order valence-corrected chi connectivity index (χ0v) is 7.55. The largest absolute Gasteiger partial charge is 1.00 e. The summed E-state index contributed by atoms with van der Waals surface area (Å²) in [5, 5.41) is 10.2. The number of aromatic carboxylic acids is 1. The molecule has 0 fully saturated rings. The second-order valence-corrected chi connectivity index (χ2v) is 2.51. The molecule has 0 unspecified atom stereocenters. The van der Waals surface area contributed by atoms with Crippen molar-refractivity contribution in [1.29, 1.82) is 0 Å². The third-order valence-electron chi connectivity index (χ3n) is 1.53. The molecule has 0 aliphatic heterocycles. The molecule has 14 heavy (non-hydrogen) atoms. The molecule has 0 saturated carbocycles. The number of rotatable bonds is 1. The van der Waals surface area contributed by atoms with Gasteiger partial charge in [-0.2, -0.15) is 13.2 Å². The van der Waals surface area contributed by atoms with Crippen LogP contribution in [0.4, 0.5) is 13.2 Å². The van der Waals surface area contributed by atoms with Crippen LogP contribution >= 0.6 is 0 Å². The Kier molecular flexibility index (Phi) is 3.86. The molecule has 7 heteroatoms. The summed E-state index contributed by atoms with van der Waals surface area (Å²) in [6.45, 7) is 0. The minimum atomic E-state index is -4.54. The minimum Gasteiger partial charge on any atom is -0.545 e. The minimum absolute atomic E-state index is 0. The van der Waals surface area contributed by atoms with E-state index in [1.807, 2.05) is 0 Å². The molecule has 0 amide bonds. The number of carboxylic acid groups (broad SMARTS) is 1. The van der Waals surface area contributed by atoms with Crippen LogP contribution < -0.4 is 24.0 Å². The molecule has 1 heterocycles. The van der Waals surface area contributed by atoms with E-state index >= 15 is 0 Å². The van der Waals surface area contributed by atoms with Crippen LogP contribution in [0.5, 0.6) is 0 Å². The van der Waals surface area contributed by atoms with E-state index in [9.17, 15) is 23.1 Å². The SMILES string of the molecule is Cn1cc(C(=O)[O-])cc1C(F)(F)F.[Li+]. The summed E-state index contributed by atoms with van der Waals surface area (Å²) < 4.78 is 37.0. The number of nitrogens with zero attached hydrogens (tertiary/aromatic N) is 1. The van der Waals surface area contributed by atoms with E-state index in [0.717, 1.165) is 13.2 Å². The maximum Gasteiger partial charge on any atom is 1.00 e. The average molecular weight is 199 g/mol. The van der Waals surface area contributed by atoms with Crippen molar-refractivity contribution in [3.63, 3.8) is 0 Å². The van der Waals surface area contributed by atoms with Gasteiger partial charge in [-0.3, -0.25) is 0 Å². The molecule has 0 spiro atoms. The molecule has 0 aliphatic rings. The molecule has 1 aromatic heterocycles. The molecule has 0 radical (unpaired) electrons. The second kappa shape index (κ2) is 4.11. The molecule has 0 aliphatic carbocycles.